The van der Waals surface area contributed by atoms with Gasteiger partial charge in [0.05, 0.1) is 5.56 Å². The maximum Gasteiger partial charge on any atom is 0.335 e. The predicted molar refractivity (Wildman–Crippen MR) is 66.8 cm³/mol. The second kappa shape index (κ2) is 4.57. The molecule has 0 aliphatic carbocycles. The zero-order valence-electron chi connectivity index (χ0n) is 9.49. The van der Waals surface area contributed by atoms with E-state index in [4.69, 9.17) is 16.7 Å². The molecule has 0 amide bonds. The van der Waals surface area contributed by atoms with Crippen molar-refractivity contribution in [2.75, 3.05) is 11.6 Å². The molecule has 0 bridgehead atoms. The van der Waals surface area contributed by atoms with Gasteiger partial charge in [0.15, 0.2) is 0 Å². The molecule has 0 unspecified atom stereocenters. The summed E-state index contributed by atoms with van der Waals surface area (Å²) >= 11 is 1.23. The lowest BCUT2D eigenvalue weighted by atomic mass is 10.2. The molecule has 2 aromatic rings. The average molecular weight is 265 g/mol. The van der Waals surface area contributed by atoms with Gasteiger partial charge in [-0.15, -0.1) is 10.2 Å². The Balaban J connectivity index is 2.30. The van der Waals surface area contributed by atoms with Gasteiger partial charge in [-0.05, 0) is 36.9 Å². The Hall–Kier alpha value is -2.22. The smallest absolute Gasteiger partial charge is 0.335 e. The highest BCUT2D eigenvalue weighted by molar-refractivity contribution is 7.99. The fraction of sp³-hybridized carbons (Fsp3) is 0.100. The number of anilines is 1. The van der Waals surface area contributed by atoms with Crippen LogP contribution in [0.1, 0.15) is 16.2 Å². The van der Waals surface area contributed by atoms with Crippen LogP contribution < -0.4 is 11.6 Å². The standard InChI is InChI=1S/C10H11N5O2S/c1-5-13-14-10(15(5)12)18-8-3-2-6(9(16)17)4-7(8)11/h2-4H,11-12H2,1H3,(H,16,17). The minimum absolute atomic E-state index is 0.141. The van der Waals surface area contributed by atoms with Crippen molar-refractivity contribution >= 4 is 23.4 Å². The fourth-order valence-corrected chi connectivity index (χ4v) is 2.11. The summed E-state index contributed by atoms with van der Waals surface area (Å²) in [6.45, 7) is 1.73. The van der Waals surface area contributed by atoms with Crippen molar-refractivity contribution in [2.24, 2.45) is 0 Å². The Morgan fingerprint density at radius 3 is 2.67 bits per heavy atom. The van der Waals surface area contributed by atoms with Crippen LogP contribution in [0.25, 0.3) is 0 Å². The van der Waals surface area contributed by atoms with Crippen LogP contribution in [0.4, 0.5) is 5.69 Å². The number of nitrogens with zero attached hydrogens (tertiary/aromatic N) is 3. The Labute approximate surface area is 107 Å². The van der Waals surface area contributed by atoms with E-state index in [1.165, 1.54) is 28.6 Å². The number of nitrogen functional groups attached to an aromatic ring is 2. The van der Waals surface area contributed by atoms with Crippen molar-refractivity contribution in [3.63, 3.8) is 0 Å². The van der Waals surface area contributed by atoms with Gasteiger partial charge in [0, 0.05) is 10.6 Å². The molecule has 0 fully saturated rings. The number of carbonyl (C=O) groups is 1. The summed E-state index contributed by atoms with van der Waals surface area (Å²) in [5, 5.41) is 17.0. The van der Waals surface area contributed by atoms with Gasteiger partial charge in [-0.2, -0.15) is 0 Å². The number of hydrogen-bond acceptors (Lipinski definition) is 6. The van der Waals surface area contributed by atoms with Gasteiger partial charge in [-0.1, -0.05) is 0 Å². The van der Waals surface area contributed by atoms with E-state index in [1.807, 2.05) is 0 Å². The minimum Gasteiger partial charge on any atom is -0.478 e. The van der Waals surface area contributed by atoms with Gasteiger partial charge in [0.1, 0.15) is 5.82 Å². The number of nitrogens with two attached hydrogens (primary N) is 2. The first-order chi connectivity index (χ1) is 8.49. The molecule has 2 rings (SSSR count). The molecule has 0 radical (unpaired) electrons. The fourth-order valence-electron chi connectivity index (χ4n) is 1.29. The maximum absolute atomic E-state index is 10.8. The summed E-state index contributed by atoms with van der Waals surface area (Å²) in [4.78, 5) is 11.5. The molecule has 0 saturated carbocycles. The van der Waals surface area contributed by atoms with E-state index < -0.39 is 5.97 Å². The lowest BCUT2D eigenvalue weighted by Gasteiger charge is -2.05. The molecule has 0 aliphatic heterocycles. The van der Waals surface area contributed by atoms with E-state index in [-0.39, 0.29) is 5.56 Å². The highest BCUT2D eigenvalue weighted by Gasteiger charge is 2.11. The molecule has 0 spiro atoms. The third-order valence-corrected chi connectivity index (χ3v) is 3.35. The number of aromatic nitrogens is 3. The molecular formula is C10H11N5O2S. The second-order valence-corrected chi connectivity index (χ2v) is 4.57. The van der Waals surface area contributed by atoms with E-state index in [9.17, 15) is 4.79 Å². The van der Waals surface area contributed by atoms with Crippen LogP contribution in [-0.4, -0.2) is 25.9 Å². The Morgan fingerprint density at radius 2 is 2.17 bits per heavy atom. The predicted octanol–water partition coefficient (Wildman–Crippen LogP) is 0.732. The highest BCUT2D eigenvalue weighted by Crippen LogP contribution is 2.30. The Bertz CT molecular complexity index is 610. The van der Waals surface area contributed by atoms with Crippen LogP contribution in [-0.2, 0) is 0 Å². The molecule has 1 aromatic carbocycles. The van der Waals surface area contributed by atoms with Crippen LogP contribution in [0, 0.1) is 6.92 Å². The molecule has 18 heavy (non-hydrogen) atoms. The van der Waals surface area contributed by atoms with Gasteiger partial charge in [-0.25, -0.2) is 9.47 Å². The molecule has 1 heterocycles. The molecule has 0 saturated heterocycles. The van der Waals surface area contributed by atoms with E-state index in [1.54, 1.807) is 13.0 Å². The molecule has 7 nitrogen and oxygen atoms in total. The quantitative estimate of drug-likeness (QED) is 0.552. The van der Waals surface area contributed by atoms with Crippen LogP contribution in [0.5, 0.6) is 0 Å². The molecule has 94 valence electrons. The number of carboxylic acid groups (broad SMARTS) is 1. The van der Waals surface area contributed by atoms with Crippen LogP contribution >= 0.6 is 11.8 Å². The summed E-state index contributed by atoms with van der Waals surface area (Å²) in [7, 11) is 0. The van der Waals surface area contributed by atoms with E-state index in [2.05, 4.69) is 10.2 Å². The first-order valence-corrected chi connectivity index (χ1v) is 5.78. The van der Waals surface area contributed by atoms with Crippen molar-refractivity contribution in [2.45, 2.75) is 17.0 Å². The molecule has 0 atom stereocenters. The third-order valence-electron chi connectivity index (χ3n) is 2.29. The van der Waals surface area contributed by atoms with Crippen LogP contribution in [0.3, 0.4) is 0 Å². The third kappa shape index (κ3) is 2.23. The van der Waals surface area contributed by atoms with Crippen molar-refractivity contribution < 1.29 is 9.90 Å². The highest BCUT2D eigenvalue weighted by atomic mass is 32.2. The number of carboxylic acids is 1. The Kier molecular flexibility index (Phi) is 3.11. The van der Waals surface area contributed by atoms with Gasteiger partial charge < -0.3 is 16.7 Å². The van der Waals surface area contributed by atoms with E-state index in [0.717, 1.165) is 0 Å². The lowest BCUT2D eigenvalue weighted by molar-refractivity contribution is 0.0697. The summed E-state index contributed by atoms with van der Waals surface area (Å²) in [5.41, 5.74) is 6.28. The summed E-state index contributed by atoms with van der Waals surface area (Å²) in [5.74, 6) is 5.28. The normalized spacial score (nSPS) is 10.5. The van der Waals surface area contributed by atoms with Gasteiger partial charge in [0.2, 0.25) is 5.16 Å². The zero-order valence-corrected chi connectivity index (χ0v) is 10.3. The number of hydrogen-bond donors (Lipinski definition) is 3. The molecule has 5 N–H and O–H groups in total. The topological polar surface area (TPSA) is 120 Å². The van der Waals surface area contributed by atoms with Crippen LogP contribution in [0.2, 0.25) is 0 Å². The SMILES string of the molecule is Cc1nnc(Sc2ccc(C(=O)O)cc2N)n1N. The first kappa shape index (κ1) is 12.2. The van der Waals surface area contributed by atoms with E-state index in [0.29, 0.717) is 21.6 Å². The first-order valence-electron chi connectivity index (χ1n) is 4.97. The summed E-state index contributed by atoms with van der Waals surface area (Å²) in [6, 6.07) is 4.49. The molecule has 1 aromatic heterocycles. The van der Waals surface area contributed by atoms with Crippen molar-refractivity contribution in [3.05, 3.63) is 29.6 Å². The largest absolute Gasteiger partial charge is 0.478 e. The van der Waals surface area contributed by atoms with Gasteiger partial charge >= 0.3 is 5.97 Å². The monoisotopic (exact) mass is 265 g/mol. The van der Waals surface area contributed by atoms with E-state index >= 15 is 0 Å². The van der Waals surface area contributed by atoms with Crippen molar-refractivity contribution in [3.8, 4) is 0 Å². The maximum atomic E-state index is 10.8. The Morgan fingerprint density at radius 1 is 1.44 bits per heavy atom. The van der Waals surface area contributed by atoms with Gasteiger partial charge in [0.25, 0.3) is 0 Å². The zero-order chi connectivity index (χ0) is 13.3. The number of aromatic carboxylic acids is 1. The average Bonchev–Trinajstić information content (AvgIpc) is 2.63. The van der Waals surface area contributed by atoms with Crippen molar-refractivity contribution in [1.29, 1.82) is 0 Å². The number of rotatable bonds is 3. The second-order valence-electron chi connectivity index (χ2n) is 3.56. The van der Waals surface area contributed by atoms with Crippen LogP contribution in [0.15, 0.2) is 28.3 Å². The van der Waals surface area contributed by atoms with Crippen molar-refractivity contribution in [1.82, 2.24) is 14.9 Å². The number of benzene rings is 1. The summed E-state index contributed by atoms with van der Waals surface area (Å²) < 4.78 is 1.34. The molecule has 8 heteroatoms. The molecular weight excluding hydrogens is 254 g/mol. The minimum atomic E-state index is -1.02. The lowest BCUT2D eigenvalue weighted by Crippen LogP contribution is -2.11. The summed E-state index contributed by atoms with van der Waals surface area (Å²) in [6.07, 6.45) is 0. The number of aryl methyl sites for hydroxylation is 1. The van der Waals surface area contributed by atoms with Gasteiger partial charge in [-0.3, -0.25) is 0 Å². The molecule has 0 aliphatic rings.